The first-order valence-corrected chi connectivity index (χ1v) is 6.25. The third kappa shape index (κ3) is 2.55. The Kier molecular flexibility index (Phi) is 3.28. The molecule has 92 valence electrons. The Bertz CT molecular complexity index is 445. The number of anilines is 1. The van der Waals surface area contributed by atoms with Gasteiger partial charge >= 0.3 is 6.03 Å². The second-order valence-electron chi connectivity index (χ2n) is 3.98. The highest BCUT2D eigenvalue weighted by atomic mass is 32.1. The van der Waals surface area contributed by atoms with E-state index in [0.717, 1.165) is 12.1 Å². The van der Waals surface area contributed by atoms with E-state index in [0.29, 0.717) is 18.1 Å². The zero-order valence-corrected chi connectivity index (χ0v) is 10.3. The second kappa shape index (κ2) is 4.70. The van der Waals surface area contributed by atoms with Crippen LogP contribution < -0.4 is 11.1 Å². The molecule has 1 aromatic heterocycles. The maximum atomic E-state index is 11.9. The van der Waals surface area contributed by atoms with Crippen LogP contribution in [0.3, 0.4) is 0 Å². The number of hydrogen-bond donors (Lipinski definition) is 2. The topological polar surface area (TPSA) is 88.3 Å². The van der Waals surface area contributed by atoms with Crippen molar-refractivity contribution in [1.29, 1.82) is 0 Å². The van der Waals surface area contributed by atoms with E-state index in [9.17, 15) is 9.59 Å². The molecule has 1 saturated heterocycles. The van der Waals surface area contributed by atoms with Gasteiger partial charge in [-0.1, -0.05) is 0 Å². The summed E-state index contributed by atoms with van der Waals surface area (Å²) in [6.07, 6.45) is 1.44. The van der Waals surface area contributed by atoms with Gasteiger partial charge in [0.15, 0.2) is 5.13 Å². The number of nitrogens with two attached hydrogens (primary N) is 1. The standard InChI is InChI=1S/C10H14N4O2S/c1-6-5-17-9(12-6)13-10(16)14-4-2-3-7(14)8(11)15/h5,7H,2-4H2,1H3,(H2,11,15)(H,12,13,16). The van der Waals surface area contributed by atoms with Crippen LogP contribution in [0.2, 0.25) is 0 Å². The lowest BCUT2D eigenvalue weighted by Crippen LogP contribution is -2.45. The van der Waals surface area contributed by atoms with E-state index < -0.39 is 11.9 Å². The van der Waals surface area contributed by atoms with E-state index >= 15 is 0 Å². The fourth-order valence-corrected chi connectivity index (χ4v) is 2.56. The van der Waals surface area contributed by atoms with E-state index in [1.54, 1.807) is 0 Å². The number of carbonyl (C=O) groups excluding carboxylic acids is 2. The van der Waals surface area contributed by atoms with Gasteiger partial charge in [0, 0.05) is 11.9 Å². The highest BCUT2D eigenvalue weighted by Crippen LogP contribution is 2.20. The summed E-state index contributed by atoms with van der Waals surface area (Å²) < 4.78 is 0. The summed E-state index contributed by atoms with van der Waals surface area (Å²) in [5, 5.41) is 5.07. The molecule has 1 atom stereocenters. The molecular formula is C10H14N4O2S. The average molecular weight is 254 g/mol. The van der Waals surface area contributed by atoms with Gasteiger partial charge in [-0.15, -0.1) is 11.3 Å². The molecule has 1 unspecified atom stereocenters. The Hall–Kier alpha value is -1.63. The van der Waals surface area contributed by atoms with E-state index in [-0.39, 0.29) is 6.03 Å². The lowest BCUT2D eigenvalue weighted by molar-refractivity contribution is -0.121. The molecule has 7 heteroatoms. The first-order valence-electron chi connectivity index (χ1n) is 5.37. The summed E-state index contributed by atoms with van der Waals surface area (Å²) in [5.74, 6) is -0.451. The van der Waals surface area contributed by atoms with Gasteiger partial charge in [0.1, 0.15) is 6.04 Å². The highest BCUT2D eigenvalue weighted by Gasteiger charge is 2.32. The third-order valence-corrected chi connectivity index (χ3v) is 3.55. The smallest absolute Gasteiger partial charge is 0.324 e. The number of carbonyl (C=O) groups is 2. The van der Waals surface area contributed by atoms with Crippen molar-refractivity contribution in [1.82, 2.24) is 9.88 Å². The average Bonchev–Trinajstić information content (AvgIpc) is 2.86. The number of nitrogens with one attached hydrogen (secondary N) is 1. The monoisotopic (exact) mass is 254 g/mol. The Labute approximate surface area is 103 Å². The number of rotatable bonds is 2. The number of aryl methyl sites for hydroxylation is 1. The number of aromatic nitrogens is 1. The molecule has 0 spiro atoms. The van der Waals surface area contributed by atoms with Gasteiger partial charge in [-0.2, -0.15) is 0 Å². The van der Waals surface area contributed by atoms with Crippen LogP contribution in [0.15, 0.2) is 5.38 Å². The first-order chi connectivity index (χ1) is 8.08. The molecule has 6 nitrogen and oxygen atoms in total. The molecule has 0 saturated carbocycles. The number of amides is 3. The van der Waals surface area contributed by atoms with Crippen molar-refractivity contribution in [2.75, 3.05) is 11.9 Å². The van der Waals surface area contributed by atoms with Crippen molar-refractivity contribution < 1.29 is 9.59 Å². The molecule has 1 aliphatic rings. The summed E-state index contributed by atoms with van der Waals surface area (Å²) in [7, 11) is 0. The lowest BCUT2D eigenvalue weighted by atomic mass is 10.2. The number of nitrogens with zero attached hydrogens (tertiary/aromatic N) is 2. The minimum atomic E-state index is -0.490. The fourth-order valence-electron chi connectivity index (χ4n) is 1.88. The minimum absolute atomic E-state index is 0.305. The third-order valence-electron chi connectivity index (χ3n) is 2.67. The molecule has 2 rings (SSSR count). The molecular weight excluding hydrogens is 240 g/mol. The molecule has 3 N–H and O–H groups in total. The predicted molar refractivity (Wildman–Crippen MR) is 64.8 cm³/mol. The zero-order valence-electron chi connectivity index (χ0n) is 9.47. The Morgan fingerprint density at radius 3 is 3.00 bits per heavy atom. The van der Waals surface area contributed by atoms with Gasteiger partial charge in [0.25, 0.3) is 0 Å². The first kappa shape index (κ1) is 11.8. The number of hydrogen-bond acceptors (Lipinski definition) is 4. The van der Waals surface area contributed by atoms with E-state index in [2.05, 4.69) is 10.3 Å². The van der Waals surface area contributed by atoms with Crippen LogP contribution in [0.1, 0.15) is 18.5 Å². The summed E-state index contributed by atoms with van der Waals surface area (Å²) in [4.78, 5) is 28.7. The fraction of sp³-hybridized carbons (Fsp3) is 0.500. The second-order valence-corrected chi connectivity index (χ2v) is 4.84. The van der Waals surface area contributed by atoms with Crippen LogP contribution in [0.5, 0.6) is 0 Å². The molecule has 3 amide bonds. The molecule has 1 aliphatic heterocycles. The van der Waals surface area contributed by atoms with Gasteiger partial charge in [0.2, 0.25) is 5.91 Å². The molecule has 2 heterocycles. The van der Waals surface area contributed by atoms with E-state index in [1.165, 1.54) is 16.2 Å². The molecule has 0 bridgehead atoms. The van der Waals surface area contributed by atoms with Gasteiger partial charge < -0.3 is 10.6 Å². The van der Waals surface area contributed by atoms with Crippen molar-refractivity contribution in [2.24, 2.45) is 5.73 Å². The number of thiazole rings is 1. The van der Waals surface area contributed by atoms with Crippen LogP contribution in [-0.4, -0.2) is 34.4 Å². The number of likely N-dealkylation sites (tertiary alicyclic amines) is 1. The van der Waals surface area contributed by atoms with E-state index in [1.807, 2.05) is 12.3 Å². The summed E-state index contributed by atoms with van der Waals surface area (Å²) in [5.41, 5.74) is 6.11. The van der Waals surface area contributed by atoms with Crippen molar-refractivity contribution in [3.63, 3.8) is 0 Å². The predicted octanol–water partition coefficient (Wildman–Crippen LogP) is 0.933. The van der Waals surface area contributed by atoms with E-state index in [4.69, 9.17) is 5.73 Å². The van der Waals surface area contributed by atoms with Crippen molar-refractivity contribution >= 4 is 28.4 Å². The van der Waals surface area contributed by atoms with Gasteiger partial charge in [-0.05, 0) is 19.8 Å². The molecule has 0 aromatic carbocycles. The van der Waals surface area contributed by atoms with Gasteiger partial charge in [-0.25, -0.2) is 9.78 Å². The zero-order chi connectivity index (χ0) is 12.4. The molecule has 0 radical (unpaired) electrons. The number of urea groups is 1. The molecule has 1 fully saturated rings. The molecule has 0 aliphatic carbocycles. The van der Waals surface area contributed by atoms with Crippen LogP contribution in [-0.2, 0) is 4.79 Å². The summed E-state index contributed by atoms with van der Waals surface area (Å²) in [6, 6.07) is -0.795. The minimum Gasteiger partial charge on any atom is -0.368 e. The largest absolute Gasteiger partial charge is 0.368 e. The quantitative estimate of drug-likeness (QED) is 0.823. The highest BCUT2D eigenvalue weighted by molar-refractivity contribution is 7.13. The normalized spacial score (nSPS) is 19.4. The maximum Gasteiger partial charge on any atom is 0.324 e. The van der Waals surface area contributed by atoms with Crippen molar-refractivity contribution in [2.45, 2.75) is 25.8 Å². The van der Waals surface area contributed by atoms with Crippen LogP contribution in [0.25, 0.3) is 0 Å². The molecule has 17 heavy (non-hydrogen) atoms. The SMILES string of the molecule is Cc1csc(NC(=O)N2CCCC2C(N)=O)n1. The van der Waals surface area contributed by atoms with Crippen LogP contribution >= 0.6 is 11.3 Å². The Morgan fingerprint density at radius 1 is 1.65 bits per heavy atom. The summed E-state index contributed by atoms with van der Waals surface area (Å²) >= 11 is 1.36. The van der Waals surface area contributed by atoms with Gasteiger partial charge in [-0.3, -0.25) is 10.1 Å². The summed E-state index contributed by atoms with van der Waals surface area (Å²) in [6.45, 7) is 2.41. The van der Waals surface area contributed by atoms with Gasteiger partial charge in [0.05, 0.1) is 5.69 Å². The van der Waals surface area contributed by atoms with Crippen molar-refractivity contribution in [3.05, 3.63) is 11.1 Å². The Morgan fingerprint density at radius 2 is 2.41 bits per heavy atom. The maximum absolute atomic E-state index is 11.9. The van der Waals surface area contributed by atoms with Crippen LogP contribution in [0.4, 0.5) is 9.93 Å². The lowest BCUT2D eigenvalue weighted by Gasteiger charge is -2.21. The molecule has 1 aromatic rings. The van der Waals surface area contributed by atoms with Crippen molar-refractivity contribution in [3.8, 4) is 0 Å². The Balaban J connectivity index is 2.02. The number of primary amides is 1. The van der Waals surface area contributed by atoms with Crippen LogP contribution in [0, 0.1) is 6.92 Å².